The Hall–Kier alpha value is -3.62. The van der Waals surface area contributed by atoms with Crippen molar-refractivity contribution in [1.82, 2.24) is 15.5 Å². The Bertz CT molecular complexity index is 1070. The molecule has 1 aliphatic heterocycles. The zero-order valence-corrected chi connectivity index (χ0v) is 19.5. The minimum Gasteiger partial charge on any atom is -0.467 e. The van der Waals surface area contributed by atoms with E-state index in [9.17, 15) is 19.2 Å². The smallest absolute Gasteiger partial charge is 0.322 e. The first-order chi connectivity index (χ1) is 16.3. The highest BCUT2D eigenvalue weighted by Crippen LogP contribution is 2.37. The number of nitrogens with one attached hydrogen (secondary N) is 3. The van der Waals surface area contributed by atoms with E-state index in [4.69, 9.17) is 4.42 Å². The predicted molar refractivity (Wildman–Crippen MR) is 125 cm³/mol. The molecule has 2 fully saturated rings. The van der Waals surface area contributed by atoms with E-state index >= 15 is 0 Å². The number of hydrogen-bond acceptors (Lipinski definition) is 5. The second kappa shape index (κ2) is 9.70. The lowest BCUT2D eigenvalue weighted by molar-refractivity contribution is -0.150. The molecule has 2 heterocycles. The van der Waals surface area contributed by atoms with E-state index in [-0.39, 0.29) is 18.9 Å². The molecular formula is C25H30N4O5. The van der Waals surface area contributed by atoms with Crippen LogP contribution < -0.4 is 16.0 Å². The van der Waals surface area contributed by atoms with Crippen LogP contribution in [0.5, 0.6) is 0 Å². The standard InChI is InChI=1S/C25H30N4O5/c1-16-8-6-9-17(2)21(16)27-23(32)25(11-4-3-5-12-25)29(15-18-10-7-13-34-18)20(30)14-19-22(31)28-24(33)26-19/h6-10,13,19H,3-5,11-12,14-15H2,1-2H3,(H,27,32)(H2,26,28,31,33)/t19-/m0/s1. The van der Waals surface area contributed by atoms with Crippen LogP contribution in [0.2, 0.25) is 0 Å². The SMILES string of the molecule is Cc1cccc(C)c1NC(=O)C1(N(Cc2ccco2)C(=O)C[C@@H]2NC(=O)NC2=O)CCCCC1. The molecule has 2 aliphatic rings. The molecule has 1 aliphatic carbocycles. The van der Waals surface area contributed by atoms with Crippen LogP contribution in [0.25, 0.3) is 0 Å². The maximum absolute atomic E-state index is 13.9. The number of hydrogen-bond donors (Lipinski definition) is 3. The van der Waals surface area contributed by atoms with Gasteiger partial charge in [0.15, 0.2) is 0 Å². The molecule has 9 heteroatoms. The number of benzene rings is 1. The summed E-state index contributed by atoms with van der Waals surface area (Å²) in [5.41, 5.74) is 1.52. The molecule has 0 bridgehead atoms. The van der Waals surface area contributed by atoms with Crippen molar-refractivity contribution in [2.45, 2.75) is 70.5 Å². The van der Waals surface area contributed by atoms with Gasteiger partial charge in [0, 0.05) is 5.69 Å². The molecule has 3 N–H and O–H groups in total. The van der Waals surface area contributed by atoms with Crippen molar-refractivity contribution >= 4 is 29.4 Å². The van der Waals surface area contributed by atoms with Gasteiger partial charge >= 0.3 is 6.03 Å². The molecule has 0 spiro atoms. The van der Waals surface area contributed by atoms with Gasteiger partial charge in [0.1, 0.15) is 17.3 Å². The van der Waals surface area contributed by atoms with E-state index in [0.717, 1.165) is 36.1 Å². The number of aryl methyl sites for hydroxylation is 2. The average molecular weight is 467 g/mol. The minimum atomic E-state index is -1.10. The monoisotopic (exact) mass is 466 g/mol. The highest BCUT2D eigenvalue weighted by molar-refractivity contribution is 6.06. The van der Waals surface area contributed by atoms with Gasteiger partial charge in [-0.15, -0.1) is 0 Å². The number of furan rings is 1. The third-order valence-corrected chi connectivity index (χ3v) is 6.77. The third kappa shape index (κ3) is 4.69. The molecule has 1 saturated carbocycles. The van der Waals surface area contributed by atoms with E-state index in [1.54, 1.807) is 17.0 Å². The lowest BCUT2D eigenvalue weighted by Gasteiger charge is -2.45. The molecule has 180 valence electrons. The fraction of sp³-hybridized carbons (Fsp3) is 0.440. The summed E-state index contributed by atoms with van der Waals surface area (Å²) >= 11 is 0. The average Bonchev–Trinajstić information content (AvgIpc) is 3.44. The number of urea groups is 1. The van der Waals surface area contributed by atoms with Crippen LogP contribution in [0.4, 0.5) is 10.5 Å². The van der Waals surface area contributed by atoms with Gasteiger partial charge in [0.05, 0.1) is 19.2 Å². The molecule has 9 nitrogen and oxygen atoms in total. The van der Waals surface area contributed by atoms with Gasteiger partial charge in [-0.3, -0.25) is 19.7 Å². The quantitative estimate of drug-likeness (QED) is 0.541. The van der Waals surface area contributed by atoms with E-state index in [1.807, 2.05) is 32.0 Å². The molecule has 34 heavy (non-hydrogen) atoms. The minimum absolute atomic E-state index is 0.0916. The number of para-hydroxylation sites is 1. The summed E-state index contributed by atoms with van der Waals surface area (Å²) in [7, 11) is 0. The summed E-state index contributed by atoms with van der Waals surface area (Å²) in [6.07, 6.45) is 4.84. The van der Waals surface area contributed by atoms with Crippen LogP contribution >= 0.6 is 0 Å². The normalized spacial score (nSPS) is 19.3. The fourth-order valence-electron chi connectivity index (χ4n) is 4.92. The van der Waals surface area contributed by atoms with E-state index in [2.05, 4.69) is 16.0 Å². The Kier molecular flexibility index (Phi) is 6.72. The molecule has 0 unspecified atom stereocenters. The van der Waals surface area contributed by atoms with Crippen molar-refractivity contribution in [3.63, 3.8) is 0 Å². The molecule has 1 aromatic carbocycles. The number of imide groups is 1. The largest absolute Gasteiger partial charge is 0.467 e. The maximum atomic E-state index is 13.9. The second-order valence-corrected chi connectivity index (χ2v) is 9.09. The van der Waals surface area contributed by atoms with Gasteiger partial charge in [-0.25, -0.2) is 4.79 Å². The molecule has 1 atom stereocenters. The summed E-state index contributed by atoms with van der Waals surface area (Å²) in [4.78, 5) is 52.8. The van der Waals surface area contributed by atoms with Crippen LogP contribution in [0.15, 0.2) is 41.0 Å². The van der Waals surface area contributed by atoms with Gasteiger partial charge in [-0.1, -0.05) is 37.5 Å². The summed E-state index contributed by atoms with van der Waals surface area (Å²) in [6, 6.07) is 7.69. The molecule has 2 aromatic rings. The van der Waals surface area contributed by atoms with E-state index in [0.29, 0.717) is 18.6 Å². The Morgan fingerprint density at radius 1 is 1.09 bits per heavy atom. The molecular weight excluding hydrogens is 436 g/mol. The summed E-state index contributed by atoms with van der Waals surface area (Å²) in [5.74, 6) is -0.645. The summed E-state index contributed by atoms with van der Waals surface area (Å²) < 4.78 is 5.52. The maximum Gasteiger partial charge on any atom is 0.322 e. The molecule has 0 radical (unpaired) electrons. The Balaban J connectivity index is 1.68. The first-order valence-corrected chi connectivity index (χ1v) is 11.6. The highest BCUT2D eigenvalue weighted by atomic mass is 16.3. The number of amides is 5. The first kappa shape index (κ1) is 23.5. The number of carbonyl (C=O) groups excluding carboxylic acids is 4. The van der Waals surface area contributed by atoms with Crippen molar-refractivity contribution in [3.8, 4) is 0 Å². The Labute approximate surface area is 198 Å². The first-order valence-electron chi connectivity index (χ1n) is 11.6. The third-order valence-electron chi connectivity index (χ3n) is 6.77. The number of anilines is 1. The van der Waals surface area contributed by atoms with Crippen molar-refractivity contribution < 1.29 is 23.6 Å². The van der Waals surface area contributed by atoms with Crippen LogP contribution in [0.3, 0.4) is 0 Å². The fourth-order valence-corrected chi connectivity index (χ4v) is 4.92. The second-order valence-electron chi connectivity index (χ2n) is 9.09. The number of carbonyl (C=O) groups is 4. The van der Waals surface area contributed by atoms with Crippen molar-refractivity contribution in [1.29, 1.82) is 0 Å². The summed E-state index contributed by atoms with van der Waals surface area (Å²) in [5, 5.41) is 7.73. The van der Waals surface area contributed by atoms with Gasteiger partial charge in [0.25, 0.3) is 5.91 Å². The van der Waals surface area contributed by atoms with Crippen molar-refractivity contribution in [3.05, 3.63) is 53.5 Å². The predicted octanol–water partition coefficient (Wildman–Crippen LogP) is 3.16. The summed E-state index contributed by atoms with van der Waals surface area (Å²) in [6.45, 7) is 3.96. The van der Waals surface area contributed by atoms with Crippen molar-refractivity contribution in [2.75, 3.05) is 5.32 Å². The van der Waals surface area contributed by atoms with Gasteiger partial charge in [-0.2, -0.15) is 0 Å². The molecule has 1 aromatic heterocycles. The molecule has 1 saturated heterocycles. The lowest BCUT2D eigenvalue weighted by Crippen LogP contribution is -2.60. The molecule has 5 amide bonds. The van der Waals surface area contributed by atoms with Gasteiger partial charge in [0.2, 0.25) is 11.8 Å². The van der Waals surface area contributed by atoms with E-state index < -0.39 is 29.4 Å². The van der Waals surface area contributed by atoms with Crippen LogP contribution in [0.1, 0.15) is 55.4 Å². The van der Waals surface area contributed by atoms with Crippen LogP contribution in [-0.4, -0.2) is 40.2 Å². The topological polar surface area (TPSA) is 121 Å². The zero-order valence-electron chi connectivity index (χ0n) is 19.5. The van der Waals surface area contributed by atoms with Crippen LogP contribution in [-0.2, 0) is 20.9 Å². The van der Waals surface area contributed by atoms with Gasteiger partial charge < -0.3 is 20.0 Å². The highest BCUT2D eigenvalue weighted by Gasteiger charge is 2.48. The lowest BCUT2D eigenvalue weighted by atomic mass is 9.78. The van der Waals surface area contributed by atoms with Gasteiger partial charge in [-0.05, 0) is 49.9 Å². The Morgan fingerprint density at radius 3 is 2.38 bits per heavy atom. The van der Waals surface area contributed by atoms with E-state index in [1.165, 1.54) is 6.26 Å². The van der Waals surface area contributed by atoms with Crippen molar-refractivity contribution in [2.24, 2.45) is 0 Å². The number of nitrogens with zero attached hydrogens (tertiary/aromatic N) is 1. The number of rotatable bonds is 7. The zero-order chi connectivity index (χ0) is 24.3. The Morgan fingerprint density at radius 2 is 1.79 bits per heavy atom. The molecule has 4 rings (SSSR count). The van der Waals surface area contributed by atoms with Crippen LogP contribution in [0, 0.1) is 13.8 Å².